The van der Waals surface area contributed by atoms with Gasteiger partial charge >= 0.3 is 0 Å². The molecule has 13 heavy (non-hydrogen) atoms. The minimum atomic E-state index is -0.182. The highest BCUT2D eigenvalue weighted by molar-refractivity contribution is 5.30. The molecular weight excluding hydrogens is 160 g/mol. The number of hydrogen-bond acceptors (Lipinski definition) is 2. The van der Waals surface area contributed by atoms with Gasteiger partial charge in [0.05, 0.1) is 11.2 Å². The predicted octanol–water partition coefficient (Wildman–Crippen LogP) is 1.97. The van der Waals surface area contributed by atoms with E-state index in [0.717, 1.165) is 17.8 Å². The molecule has 2 rings (SSSR count). The molecule has 2 nitrogen and oxygen atoms in total. The topological polar surface area (TPSA) is 38.9 Å². The molecule has 0 radical (unpaired) electrons. The maximum Gasteiger partial charge on any atom is 0.0642 e. The molecule has 0 spiro atoms. The Labute approximate surface area is 79.2 Å². The quantitative estimate of drug-likeness (QED) is 0.710. The van der Waals surface area contributed by atoms with E-state index in [4.69, 9.17) is 5.73 Å². The zero-order valence-corrected chi connectivity index (χ0v) is 8.46. The van der Waals surface area contributed by atoms with Gasteiger partial charge in [0.15, 0.2) is 0 Å². The first-order valence-electron chi connectivity index (χ1n) is 4.69. The third-order valence-electron chi connectivity index (χ3n) is 3.15. The fraction of sp³-hybridized carbons (Fsp3) is 0.545. The third kappa shape index (κ3) is 1.17. The number of nitrogens with zero attached hydrogens (tertiary/aromatic N) is 1. The summed E-state index contributed by atoms with van der Waals surface area (Å²) in [6.45, 7) is 6.39. The lowest BCUT2D eigenvalue weighted by Crippen LogP contribution is -2.26. The van der Waals surface area contributed by atoms with Crippen LogP contribution in [0.1, 0.15) is 31.7 Å². The number of hydrogen-bond donors (Lipinski definition) is 1. The standard InChI is InChI=1S/C11H16N2/c1-8-5-4-6-9(13-8)11(12)7-10(11,2)3/h4-6H,7,12H2,1-3H3. The molecular formula is C11H16N2. The van der Waals surface area contributed by atoms with Crippen LogP contribution in [0.15, 0.2) is 18.2 Å². The molecule has 1 aliphatic carbocycles. The van der Waals surface area contributed by atoms with Gasteiger partial charge in [-0.05, 0) is 30.9 Å². The van der Waals surface area contributed by atoms with Gasteiger partial charge in [-0.3, -0.25) is 4.98 Å². The maximum atomic E-state index is 6.25. The van der Waals surface area contributed by atoms with Crippen LogP contribution in [0.2, 0.25) is 0 Å². The second-order valence-corrected chi connectivity index (χ2v) is 4.70. The van der Waals surface area contributed by atoms with Crippen molar-refractivity contribution in [3.05, 3.63) is 29.6 Å². The lowest BCUT2D eigenvalue weighted by molar-refractivity contribution is 0.499. The Balaban J connectivity index is 2.38. The van der Waals surface area contributed by atoms with Crippen molar-refractivity contribution in [1.82, 2.24) is 4.98 Å². The Morgan fingerprint density at radius 1 is 1.38 bits per heavy atom. The van der Waals surface area contributed by atoms with Crippen LogP contribution < -0.4 is 5.73 Å². The van der Waals surface area contributed by atoms with Crippen LogP contribution in [0.25, 0.3) is 0 Å². The first kappa shape index (κ1) is 8.70. The van der Waals surface area contributed by atoms with Gasteiger partial charge in [-0.1, -0.05) is 19.9 Å². The average Bonchev–Trinajstić information content (AvgIpc) is 2.53. The van der Waals surface area contributed by atoms with Gasteiger partial charge in [0.25, 0.3) is 0 Å². The van der Waals surface area contributed by atoms with Gasteiger partial charge in [-0.2, -0.15) is 0 Å². The van der Waals surface area contributed by atoms with Crippen molar-refractivity contribution in [3.63, 3.8) is 0 Å². The third-order valence-corrected chi connectivity index (χ3v) is 3.15. The molecule has 0 bridgehead atoms. The van der Waals surface area contributed by atoms with Crippen LogP contribution in [0, 0.1) is 12.3 Å². The summed E-state index contributed by atoms with van der Waals surface area (Å²) in [6, 6.07) is 6.06. The van der Waals surface area contributed by atoms with Crippen molar-refractivity contribution in [3.8, 4) is 0 Å². The second kappa shape index (κ2) is 2.32. The van der Waals surface area contributed by atoms with E-state index in [9.17, 15) is 0 Å². The number of aryl methyl sites for hydroxylation is 1. The van der Waals surface area contributed by atoms with Crippen LogP contribution in [-0.2, 0) is 5.54 Å². The highest BCUT2D eigenvalue weighted by Gasteiger charge is 2.60. The molecule has 1 fully saturated rings. The van der Waals surface area contributed by atoms with Crippen LogP contribution in [-0.4, -0.2) is 4.98 Å². The molecule has 0 amide bonds. The number of rotatable bonds is 1. The van der Waals surface area contributed by atoms with Gasteiger partial charge in [0.2, 0.25) is 0 Å². The highest BCUT2D eigenvalue weighted by Crippen LogP contribution is 2.59. The molecule has 1 aliphatic rings. The molecule has 1 heterocycles. The Hall–Kier alpha value is -0.890. The van der Waals surface area contributed by atoms with Crippen molar-refractivity contribution < 1.29 is 0 Å². The van der Waals surface area contributed by atoms with Gasteiger partial charge in [0.1, 0.15) is 0 Å². The zero-order valence-electron chi connectivity index (χ0n) is 8.46. The normalized spacial score (nSPS) is 30.2. The molecule has 1 aromatic heterocycles. The van der Waals surface area contributed by atoms with Gasteiger partial charge in [-0.25, -0.2) is 0 Å². The van der Waals surface area contributed by atoms with Crippen molar-refractivity contribution in [2.45, 2.75) is 32.7 Å². The van der Waals surface area contributed by atoms with Gasteiger partial charge < -0.3 is 5.73 Å². The summed E-state index contributed by atoms with van der Waals surface area (Å²) in [5.41, 5.74) is 8.37. The summed E-state index contributed by atoms with van der Waals surface area (Å²) in [5, 5.41) is 0. The summed E-state index contributed by atoms with van der Waals surface area (Å²) in [6.07, 6.45) is 1.04. The monoisotopic (exact) mass is 176 g/mol. The smallest absolute Gasteiger partial charge is 0.0642 e. The molecule has 1 atom stereocenters. The Morgan fingerprint density at radius 3 is 2.46 bits per heavy atom. The van der Waals surface area contributed by atoms with Crippen LogP contribution >= 0.6 is 0 Å². The van der Waals surface area contributed by atoms with E-state index in [2.05, 4.69) is 18.8 Å². The zero-order chi connectivity index (χ0) is 9.69. The molecule has 0 aromatic carbocycles. The van der Waals surface area contributed by atoms with Crippen molar-refractivity contribution in [1.29, 1.82) is 0 Å². The lowest BCUT2D eigenvalue weighted by atomic mass is 10.0. The molecule has 1 saturated carbocycles. The molecule has 1 aromatic rings. The average molecular weight is 176 g/mol. The van der Waals surface area contributed by atoms with E-state index in [0.29, 0.717) is 0 Å². The second-order valence-electron chi connectivity index (χ2n) is 4.70. The predicted molar refractivity (Wildman–Crippen MR) is 53.2 cm³/mol. The van der Waals surface area contributed by atoms with E-state index in [1.165, 1.54) is 0 Å². The Morgan fingerprint density at radius 2 is 2.00 bits per heavy atom. The molecule has 1 unspecified atom stereocenters. The minimum Gasteiger partial charge on any atom is -0.320 e. The SMILES string of the molecule is Cc1cccc(C2(N)CC2(C)C)n1. The van der Waals surface area contributed by atoms with Gasteiger partial charge in [0, 0.05) is 5.69 Å². The van der Waals surface area contributed by atoms with E-state index in [-0.39, 0.29) is 11.0 Å². The number of pyridine rings is 1. The van der Waals surface area contributed by atoms with Crippen molar-refractivity contribution in [2.24, 2.45) is 11.1 Å². The number of nitrogens with two attached hydrogens (primary N) is 1. The number of aromatic nitrogens is 1. The summed E-state index contributed by atoms with van der Waals surface area (Å²) >= 11 is 0. The van der Waals surface area contributed by atoms with E-state index in [1.807, 2.05) is 25.1 Å². The first-order chi connectivity index (χ1) is 5.96. The summed E-state index contributed by atoms with van der Waals surface area (Å²) < 4.78 is 0. The minimum absolute atomic E-state index is 0.182. The van der Waals surface area contributed by atoms with Crippen LogP contribution in [0.4, 0.5) is 0 Å². The summed E-state index contributed by atoms with van der Waals surface area (Å²) in [5.74, 6) is 0. The molecule has 70 valence electrons. The largest absolute Gasteiger partial charge is 0.320 e. The first-order valence-corrected chi connectivity index (χ1v) is 4.69. The Bertz CT molecular complexity index is 344. The fourth-order valence-electron chi connectivity index (χ4n) is 1.88. The Kier molecular flexibility index (Phi) is 1.55. The molecule has 2 N–H and O–H groups in total. The summed E-state index contributed by atoms with van der Waals surface area (Å²) in [4.78, 5) is 4.48. The van der Waals surface area contributed by atoms with Crippen molar-refractivity contribution >= 4 is 0 Å². The summed E-state index contributed by atoms with van der Waals surface area (Å²) in [7, 11) is 0. The van der Waals surface area contributed by atoms with E-state index in [1.54, 1.807) is 0 Å². The molecule has 2 heteroatoms. The van der Waals surface area contributed by atoms with Gasteiger partial charge in [-0.15, -0.1) is 0 Å². The van der Waals surface area contributed by atoms with Crippen LogP contribution in [0.5, 0.6) is 0 Å². The maximum absolute atomic E-state index is 6.25. The van der Waals surface area contributed by atoms with E-state index >= 15 is 0 Å². The highest BCUT2D eigenvalue weighted by atomic mass is 15.0. The van der Waals surface area contributed by atoms with Crippen molar-refractivity contribution in [2.75, 3.05) is 0 Å². The van der Waals surface area contributed by atoms with E-state index < -0.39 is 0 Å². The molecule has 0 saturated heterocycles. The lowest BCUT2D eigenvalue weighted by Gasteiger charge is -2.14. The molecule has 0 aliphatic heterocycles. The fourth-order valence-corrected chi connectivity index (χ4v) is 1.88. The van der Waals surface area contributed by atoms with Crippen LogP contribution in [0.3, 0.4) is 0 Å².